The molecule has 2 saturated heterocycles. The zero-order valence-corrected chi connectivity index (χ0v) is 9.43. The Hall–Kier alpha value is -0.0600. The molecule has 0 aromatic rings. The molecule has 2 aliphatic heterocycles. The SMILES string of the molecule is CC(CN)N1CC2CSCC(C1)C2=O. The van der Waals surface area contributed by atoms with E-state index in [-0.39, 0.29) is 11.8 Å². The van der Waals surface area contributed by atoms with E-state index in [1.807, 2.05) is 11.8 Å². The molecule has 0 aromatic carbocycles. The first-order valence-corrected chi connectivity index (χ1v) is 6.43. The van der Waals surface area contributed by atoms with Gasteiger partial charge in [-0.1, -0.05) is 0 Å². The number of likely N-dealkylation sites (tertiary alicyclic amines) is 1. The van der Waals surface area contributed by atoms with Crippen LogP contribution < -0.4 is 5.73 Å². The average Bonchev–Trinajstić information content (AvgIpc) is 2.16. The van der Waals surface area contributed by atoms with Gasteiger partial charge in [0.2, 0.25) is 0 Å². The van der Waals surface area contributed by atoms with Gasteiger partial charge in [-0.05, 0) is 6.92 Å². The maximum absolute atomic E-state index is 11.8. The number of Topliss-reactive ketones (excluding diaryl/α,β-unsaturated/α-hetero) is 1. The minimum Gasteiger partial charge on any atom is -0.329 e. The number of hydrogen-bond donors (Lipinski definition) is 1. The van der Waals surface area contributed by atoms with Gasteiger partial charge in [-0.3, -0.25) is 9.69 Å². The third kappa shape index (κ3) is 1.83. The molecule has 3 nitrogen and oxygen atoms in total. The normalized spacial score (nSPS) is 35.7. The lowest BCUT2D eigenvalue weighted by Gasteiger charge is -2.42. The lowest BCUT2D eigenvalue weighted by Crippen LogP contribution is -2.54. The first kappa shape index (κ1) is 10.5. The molecule has 2 N–H and O–H groups in total. The van der Waals surface area contributed by atoms with Gasteiger partial charge >= 0.3 is 0 Å². The fraction of sp³-hybridized carbons (Fsp3) is 0.900. The van der Waals surface area contributed by atoms with Crippen LogP contribution >= 0.6 is 11.8 Å². The van der Waals surface area contributed by atoms with E-state index in [2.05, 4.69) is 11.8 Å². The van der Waals surface area contributed by atoms with Crippen molar-refractivity contribution in [2.45, 2.75) is 13.0 Å². The molecule has 0 radical (unpaired) electrons. The molecular formula is C10H18N2OS. The number of carbonyl (C=O) groups excluding carboxylic acids is 1. The van der Waals surface area contributed by atoms with E-state index in [4.69, 9.17) is 5.73 Å². The number of nitrogens with zero attached hydrogens (tertiary/aromatic N) is 1. The van der Waals surface area contributed by atoms with Gasteiger partial charge in [0.05, 0.1) is 0 Å². The van der Waals surface area contributed by atoms with Crippen molar-refractivity contribution in [3.05, 3.63) is 0 Å². The maximum Gasteiger partial charge on any atom is 0.143 e. The molecule has 4 heteroatoms. The average molecular weight is 214 g/mol. The second-order valence-electron chi connectivity index (χ2n) is 4.37. The summed E-state index contributed by atoms with van der Waals surface area (Å²) in [5, 5.41) is 0. The van der Waals surface area contributed by atoms with Crippen LogP contribution in [0.15, 0.2) is 0 Å². The molecule has 2 rings (SSSR count). The molecule has 2 heterocycles. The largest absolute Gasteiger partial charge is 0.329 e. The molecule has 14 heavy (non-hydrogen) atoms. The van der Waals surface area contributed by atoms with Crippen molar-refractivity contribution in [3.8, 4) is 0 Å². The van der Waals surface area contributed by atoms with Gasteiger partial charge in [0.15, 0.2) is 0 Å². The van der Waals surface area contributed by atoms with Crippen molar-refractivity contribution in [1.29, 1.82) is 0 Å². The zero-order valence-electron chi connectivity index (χ0n) is 8.61. The molecule has 0 spiro atoms. The lowest BCUT2D eigenvalue weighted by atomic mass is 9.88. The minimum atomic E-state index is 0.279. The number of thioether (sulfide) groups is 1. The molecule has 0 aromatic heterocycles. The van der Waals surface area contributed by atoms with Crippen molar-refractivity contribution in [2.75, 3.05) is 31.1 Å². The Morgan fingerprint density at radius 2 is 2.07 bits per heavy atom. The van der Waals surface area contributed by atoms with Gasteiger partial charge in [0.25, 0.3) is 0 Å². The van der Waals surface area contributed by atoms with Crippen LogP contribution in [-0.4, -0.2) is 47.9 Å². The van der Waals surface area contributed by atoms with E-state index in [9.17, 15) is 4.79 Å². The van der Waals surface area contributed by atoms with E-state index < -0.39 is 0 Å². The van der Waals surface area contributed by atoms with Gasteiger partial charge in [-0.25, -0.2) is 0 Å². The predicted octanol–water partition coefficient (Wildman–Crippen LogP) is 0.198. The molecule has 2 bridgehead atoms. The summed E-state index contributed by atoms with van der Waals surface area (Å²) in [6.07, 6.45) is 0. The molecule has 0 amide bonds. The number of nitrogens with two attached hydrogens (primary N) is 1. The summed E-state index contributed by atoms with van der Waals surface area (Å²) in [6.45, 7) is 4.71. The number of ketones is 1. The molecule has 0 aliphatic carbocycles. The standard InChI is InChI=1S/C10H18N2OS/c1-7(2-11)12-3-8-5-14-6-9(4-12)10(8)13/h7-9H,2-6,11H2,1H3. The van der Waals surface area contributed by atoms with E-state index >= 15 is 0 Å². The number of carbonyl (C=O) groups is 1. The van der Waals surface area contributed by atoms with Crippen LogP contribution in [0.25, 0.3) is 0 Å². The summed E-state index contributed by atoms with van der Waals surface area (Å²) in [7, 11) is 0. The van der Waals surface area contributed by atoms with Crippen molar-refractivity contribution < 1.29 is 4.79 Å². The van der Waals surface area contributed by atoms with E-state index in [1.54, 1.807) is 0 Å². The molecule has 80 valence electrons. The van der Waals surface area contributed by atoms with Gasteiger partial charge in [0, 0.05) is 49.0 Å². The molecule has 2 fully saturated rings. The topological polar surface area (TPSA) is 46.3 Å². The van der Waals surface area contributed by atoms with Crippen LogP contribution in [0.2, 0.25) is 0 Å². The highest BCUT2D eigenvalue weighted by Crippen LogP contribution is 2.30. The smallest absolute Gasteiger partial charge is 0.143 e. The number of rotatable bonds is 2. The molecule has 2 aliphatic rings. The van der Waals surface area contributed by atoms with Crippen LogP contribution in [0.4, 0.5) is 0 Å². The Kier molecular flexibility index (Phi) is 3.14. The van der Waals surface area contributed by atoms with Crippen LogP contribution in [0.3, 0.4) is 0 Å². The van der Waals surface area contributed by atoms with E-state index in [0.29, 0.717) is 18.4 Å². The highest BCUT2D eigenvalue weighted by molar-refractivity contribution is 7.99. The molecule has 0 saturated carbocycles. The Balaban J connectivity index is 2.03. The predicted molar refractivity (Wildman–Crippen MR) is 59.4 cm³/mol. The Morgan fingerprint density at radius 1 is 1.50 bits per heavy atom. The third-order valence-corrected chi connectivity index (χ3v) is 4.59. The Bertz CT molecular complexity index is 218. The van der Waals surface area contributed by atoms with Gasteiger partial charge in [0.1, 0.15) is 5.78 Å². The summed E-state index contributed by atoms with van der Waals surface area (Å²) in [6, 6.07) is 0.427. The summed E-state index contributed by atoms with van der Waals surface area (Å²) >= 11 is 1.93. The number of piperidine rings is 1. The zero-order chi connectivity index (χ0) is 10.1. The van der Waals surface area contributed by atoms with E-state index in [0.717, 1.165) is 24.6 Å². The van der Waals surface area contributed by atoms with E-state index in [1.165, 1.54) is 0 Å². The quantitative estimate of drug-likeness (QED) is 0.713. The van der Waals surface area contributed by atoms with Crippen molar-refractivity contribution in [3.63, 3.8) is 0 Å². The molecular weight excluding hydrogens is 196 g/mol. The summed E-state index contributed by atoms with van der Waals surface area (Å²) < 4.78 is 0. The number of hydrogen-bond acceptors (Lipinski definition) is 4. The second kappa shape index (κ2) is 4.21. The number of fused-ring (bicyclic) bond motifs is 2. The summed E-state index contributed by atoms with van der Waals surface area (Å²) in [5.41, 5.74) is 5.66. The van der Waals surface area contributed by atoms with Crippen LogP contribution in [-0.2, 0) is 4.79 Å². The van der Waals surface area contributed by atoms with Crippen molar-refractivity contribution >= 4 is 17.5 Å². The van der Waals surface area contributed by atoms with Gasteiger partial charge < -0.3 is 5.73 Å². The first-order chi connectivity index (χ1) is 6.72. The summed E-state index contributed by atoms with van der Waals surface area (Å²) in [4.78, 5) is 14.2. The Labute approximate surface area is 89.4 Å². The van der Waals surface area contributed by atoms with Crippen LogP contribution in [0.5, 0.6) is 0 Å². The van der Waals surface area contributed by atoms with Crippen molar-refractivity contribution in [1.82, 2.24) is 4.90 Å². The van der Waals surface area contributed by atoms with Gasteiger partial charge in [-0.2, -0.15) is 11.8 Å². The van der Waals surface area contributed by atoms with Gasteiger partial charge in [-0.15, -0.1) is 0 Å². The first-order valence-electron chi connectivity index (χ1n) is 5.28. The minimum absolute atomic E-state index is 0.279. The lowest BCUT2D eigenvalue weighted by molar-refractivity contribution is -0.130. The monoisotopic (exact) mass is 214 g/mol. The fourth-order valence-corrected chi connectivity index (χ4v) is 3.53. The highest BCUT2D eigenvalue weighted by Gasteiger charge is 2.39. The molecule has 3 unspecified atom stereocenters. The van der Waals surface area contributed by atoms with Crippen LogP contribution in [0, 0.1) is 11.8 Å². The Morgan fingerprint density at radius 3 is 2.57 bits per heavy atom. The molecule has 3 atom stereocenters. The second-order valence-corrected chi connectivity index (χ2v) is 5.45. The van der Waals surface area contributed by atoms with Crippen LogP contribution in [0.1, 0.15) is 6.92 Å². The van der Waals surface area contributed by atoms with Crippen molar-refractivity contribution in [2.24, 2.45) is 17.6 Å². The maximum atomic E-state index is 11.8. The highest BCUT2D eigenvalue weighted by atomic mass is 32.2. The fourth-order valence-electron chi connectivity index (χ4n) is 2.29. The third-order valence-electron chi connectivity index (χ3n) is 3.32. The summed E-state index contributed by atoms with van der Waals surface area (Å²) in [5.74, 6) is 3.10.